The van der Waals surface area contributed by atoms with Crippen LogP contribution in [0.3, 0.4) is 0 Å². The summed E-state index contributed by atoms with van der Waals surface area (Å²) in [6, 6.07) is 10.6. The minimum atomic E-state index is 0.240. The van der Waals surface area contributed by atoms with E-state index in [0.29, 0.717) is 18.7 Å². The first-order valence-electron chi connectivity index (χ1n) is 6.65. The van der Waals surface area contributed by atoms with Crippen molar-refractivity contribution in [3.05, 3.63) is 47.1 Å². The quantitative estimate of drug-likeness (QED) is 0.843. The van der Waals surface area contributed by atoms with Gasteiger partial charge < -0.3 is 4.52 Å². The van der Waals surface area contributed by atoms with Gasteiger partial charge in [0.15, 0.2) is 5.82 Å². The minimum Gasteiger partial charge on any atom is -0.339 e. The standard InChI is InChI=1S/C15H15N3O/c16-10-4-9-14-17-15(18-19-14)13-8-3-6-11-5-1-2-7-12(11)13/h1-2,5,7,13H,3-4,6,8-9H2. The fraction of sp³-hybridized carbons (Fsp3) is 0.400. The Labute approximate surface area is 112 Å². The van der Waals surface area contributed by atoms with Crippen LogP contribution in [-0.2, 0) is 12.8 Å². The Morgan fingerprint density at radius 2 is 2.26 bits per heavy atom. The van der Waals surface area contributed by atoms with Gasteiger partial charge in [-0.25, -0.2) is 0 Å². The van der Waals surface area contributed by atoms with Crippen LogP contribution in [-0.4, -0.2) is 10.1 Å². The molecule has 1 aliphatic rings. The molecule has 0 N–H and O–H groups in total. The van der Waals surface area contributed by atoms with E-state index in [1.54, 1.807) is 0 Å². The van der Waals surface area contributed by atoms with Gasteiger partial charge in [-0.05, 0) is 30.4 Å². The summed E-state index contributed by atoms with van der Waals surface area (Å²) in [5.74, 6) is 1.57. The zero-order chi connectivity index (χ0) is 13.1. The maximum Gasteiger partial charge on any atom is 0.227 e. The lowest BCUT2D eigenvalue weighted by Gasteiger charge is -2.22. The van der Waals surface area contributed by atoms with Crippen LogP contribution in [0.2, 0.25) is 0 Å². The van der Waals surface area contributed by atoms with Gasteiger partial charge in [0.05, 0.1) is 6.07 Å². The van der Waals surface area contributed by atoms with Gasteiger partial charge in [0, 0.05) is 18.8 Å². The van der Waals surface area contributed by atoms with Gasteiger partial charge in [-0.2, -0.15) is 10.2 Å². The van der Waals surface area contributed by atoms with E-state index in [1.807, 2.05) is 0 Å². The number of aromatic nitrogens is 2. The van der Waals surface area contributed by atoms with Crippen LogP contribution in [0.1, 0.15) is 48.0 Å². The summed E-state index contributed by atoms with van der Waals surface area (Å²) < 4.78 is 5.22. The monoisotopic (exact) mass is 253 g/mol. The normalized spacial score (nSPS) is 17.7. The van der Waals surface area contributed by atoms with E-state index >= 15 is 0 Å². The van der Waals surface area contributed by atoms with E-state index in [2.05, 4.69) is 40.5 Å². The average Bonchev–Trinajstić information content (AvgIpc) is 2.93. The SMILES string of the molecule is N#CCCc1nc(C2CCCc3ccccc32)no1. The highest BCUT2D eigenvalue weighted by molar-refractivity contribution is 5.36. The zero-order valence-electron chi connectivity index (χ0n) is 10.7. The Hall–Kier alpha value is -2.15. The highest BCUT2D eigenvalue weighted by Crippen LogP contribution is 2.35. The van der Waals surface area contributed by atoms with E-state index in [-0.39, 0.29) is 5.92 Å². The molecule has 0 saturated heterocycles. The molecule has 1 unspecified atom stereocenters. The minimum absolute atomic E-state index is 0.240. The molecule has 1 heterocycles. The number of hydrogen-bond acceptors (Lipinski definition) is 4. The van der Waals surface area contributed by atoms with Crippen LogP contribution in [0, 0.1) is 11.3 Å². The number of nitriles is 1. The van der Waals surface area contributed by atoms with Gasteiger partial charge >= 0.3 is 0 Å². The highest BCUT2D eigenvalue weighted by atomic mass is 16.5. The average molecular weight is 253 g/mol. The number of nitrogens with zero attached hydrogens (tertiary/aromatic N) is 3. The van der Waals surface area contributed by atoms with Crippen molar-refractivity contribution in [2.24, 2.45) is 0 Å². The zero-order valence-corrected chi connectivity index (χ0v) is 10.7. The number of hydrogen-bond donors (Lipinski definition) is 0. The highest BCUT2D eigenvalue weighted by Gasteiger charge is 2.25. The van der Waals surface area contributed by atoms with Crippen molar-refractivity contribution in [3.8, 4) is 6.07 Å². The smallest absolute Gasteiger partial charge is 0.227 e. The molecule has 1 atom stereocenters. The van der Waals surface area contributed by atoms with Crippen LogP contribution in [0.4, 0.5) is 0 Å². The largest absolute Gasteiger partial charge is 0.339 e. The molecule has 0 aliphatic heterocycles. The van der Waals surface area contributed by atoms with Crippen LogP contribution in [0.15, 0.2) is 28.8 Å². The Bertz CT molecular complexity index is 612. The topological polar surface area (TPSA) is 62.7 Å². The van der Waals surface area contributed by atoms with Crippen molar-refractivity contribution >= 4 is 0 Å². The summed E-state index contributed by atoms with van der Waals surface area (Å²) in [5, 5.41) is 12.7. The van der Waals surface area contributed by atoms with Gasteiger partial charge in [-0.1, -0.05) is 29.4 Å². The maximum absolute atomic E-state index is 8.57. The molecule has 19 heavy (non-hydrogen) atoms. The van der Waals surface area contributed by atoms with E-state index in [9.17, 15) is 0 Å². The molecule has 3 rings (SSSR count). The molecule has 2 aromatic rings. The second-order valence-electron chi connectivity index (χ2n) is 4.85. The third-order valence-electron chi connectivity index (χ3n) is 3.62. The third kappa shape index (κ3) is 2.37. The molecule has 0 amide bonds. The first-order chi connectivity index (χ1) is 9.38. The van der Waals surface area contributed by atoms with Gasteiger partial charge in [-0.15, -0.1) is 0 Å². The van der Waals surface area contributed by atoms with Crippen molar-refractivity contribution in [3.63, 3.8) is 0 Å². The third-order valence-corrected chi connectivity index (χ3v) is 3.62. The van der Waals surface area contributed by atoms with Gasteiger partial charge in [0.2, 0.25) is 5.89 Å². The molecule has 4 heteroatoms. The van der Waals surface area contributed by atoms with Crippen molar-refractivity contribution in [2.45, 2.75) is 38.0 Å². The van der Waals surface area contributed by atoms with Crippen molar-refractivity contribution in [1.29, 1.82) is 5.26 Å². The van der Waals surface area contributed by atoms with E-state index in [4.69, 9.17) is 9.78 Å². The summed E-state index contributed by atoms with van der Waals surface area (Å²) in [4.78, 5) is 4.44. The van der Waals surface area contributed by atoms with Crippen LogP contribution >= 0.6 is 0 Å². The molecule has 4 nitrogen and oxygen atoms in total. The van der Waals surface area contributed by atoms with Crippen LogP contribution < -0.4 is 0 Å². The fourth-order valence-corrected chi connectivity index (χ4v) is 2.70. The van der Waals surface area contributed by atoms with E-state index in [1.165, 1.54) is 11.1 Å². The maximum atomic E-state index is 8.57. The molecular weight excluding hydrogens is 238 g/mol. The Morgan fingerprint density at radius 1 is 1.37 bits per heavy atom. The first kappa shape index (κ1) is 11.9. The second-order valence-corrected chi connectivity index (χ2v) is 4.85. The summed E-state index contributed by atoms with van der Waals surface area (Å²) >= 11 is 0. The molecular formula is C15H15N3O. The lowest BCUT2D eigenvalue weighted by Crippen LogP contribution is -2.12. The van der Waals surface area contributed by atoms with Crippen molar-refractivity contribution in [1.82, 2.24) is 10.1 Å². The second kappa shape index (κ2) is 5.23. The summed E-state index contributed by atoms with van der Waals surface area (Å²) in [6.45, 7) is 0. The van der Waals surface area contributed by atoms with Gasteiger partial charge in [-0.3, -0.25) is 0 Å². The molecule has 0 spiro atoms. The number of aryl methyl sites for hydroxylation is 2. The molecule has 0 fully saturated rings. The molecule has 0 radical (unpaired) electrons. The molecule has 1 aromatic heterocycles. The lowest BCUT2D eigenvalue weighted by atomic mass is 9.82. The van der Waals surface area contributed by atoms with Gasteiger partial charge in [0.1, 0.15) is 0 Å². The van der Waals surface area contributed by atoms with Gasteiger partial charge in [0.25, 0.3) is 0 Å². The predicted molar refractivity (Wildman–Crippen MR) is 69.5 cm³/mol. The van der Waals surface area contributed by atoms with Crippen molar-refractivity contribution < 1.29 is 4.52 Å². The molecule has 0 bridgehead atoms. The number of benzene rings is 1. The molecule has 1 aromatic carbocycles. The van der Waals surface area contributed by atoms with E-state index in [0.717, 1.165) is 25.1 Å². The summed E-state index contributed by atoms with van der Waals surface area (Å²) in [6.07, 6.45) is 4.31. The fourth-order valence-electron chi connectivity index (χ4n) is 2.70. The van der Waals surface area contributed by atoms with E-state index < -0.39 is 0 Å². The first-order valence-corrected chi connectivity index (χ1v) is 6.65. The molecule has 96 valence electrons. The molecule has 1 aliphatic carbocycles. The summed E-state index contributed by atoms with van der Waals surface area (Å²) in [7, 11) is 0. The Balaban J connectivity index is 1.87. The summed E-state index contributed by atoms with van der Waals surface area (Å²) in [5.41, 5.74) is 2.71. The van der Waals surface area contributed by atoms with Crippen LogP contribution in [0.5, 0.6) is 0 Å². The van der Waals surface area contributed by atoms with Crippen molar-refractivity contribution in [2.75, 3.05) is 0 Å². The lowest BCUT2D eigenvalue weighted by molar-refractivity contribution is 0.370. The Kier molecular flexibility index (Phi) is 3.28. The molecule has 0 saturated carbocycles. The number of fused-ring (bicyclic) bond motifs is 1. The number of rotatable bonds is 3. The predicted octanol–water partition coefficient (Wildman–Crippen LogP) is 2.99. The Morgan fingerprint density at radius 3 is 3.16 bits per heavy atom. The van der Waals surface area contributed by atoms with Crippen LogP contribution in [0.25, 0.3) is 0 Å².